The number of nitrogens with one attached hydrogen (secondary N) is 1. The Morgan fingerprint density at radius 2 is 1.94 bits per heavy atom. The third-order valence-electron chi connectivity index (χ3n) is 2.51. The standard InChI is InChI=1S/C12H19NO4S/c1-12(2,8-9-14)13-18(15,16)11-7-5-4-6-10(11)17-3/h4-7,13-14H,8-9H2,1-3H3. The van der Waals surface area contributed by atoms with Crippen LogP contribution in [0, 0.1) is 0 Å². The molecule has 0 aliphatic carbocycles. The average Bonchev–Trinajstić information content (AvgIpc) is 2.27. The van der Waals surface area contributed by atoms with E-state index in [0.717, 1.165) is 0 Å². The van der Waals surface area contributed by atoms with Gasteiger partial charge in [0.15, 0.2) is 0 Å². The molecule has 102 valence electrons. The highest BCUT2D eigenvalue weighted by atomic mass is 32.2. The monoisotopic (exact) mass is 273 g/mol. The van der Waals surface area contributed by atoms with Crippen LogP contribution in [0.5, 0.6) is 5.75 Å². The topological polar surface area (TPSA) is 75.6 Å². The van der Waals surface area contributed by atoms with Crippen LogP contribution in [0.25, 0.3) is 0 Å². The van der Waals surface area contributed by atoms with E-state index >= 15 is 0 Å². The summed E-state index contributed by atoms with van der Waals surface area (Å²) in [5.74, 6) is 0.296. The van der Waals surface area contributed by atoms with Gasteiger partial charge in [-0.05, 0) is 32.4 Å². The number of benzene rings is 1. The van der Waals surface area contributed by atoms with Crippen molar-refractivity contribution in [3.05, 3.63) is 24.3 Å². The third-order valence-corrected chi connectivity index (χ3v) is 4.24. The molecule has 0 heterocycles. The van der Waals surface area contributed by atoms with Gasteiger partial charge in [-0.2, -0.15) is 0 Å². The van der Waals surface area contributed by atoms with Crippen molar-refractivity contribution < 1.29 is 18.3 Å². The van der Waals surface area contributed by atoms with E-state index in [1.807, 2.05) is 0 Å². The molecular weight excluding hydrogens is 254 g/mol. The Hall–Kier alpha value is -1.11. The summed E-state index contributed by atoms with van der Waals surface area (Å²) in [5, 5.41) is 8.91. The second kappa shape index (κ2) is 5.69. The van der Waals surface area contributed by atoms with Crippen LogP contribution in [0.4, 0.5) is 0 Å². The highest BCUT2D eigenvalue weighted by Gasteiger charge is 2.27. The molecule has 0 amide bonds. The number of rotatable bonds is 6. The predicted molar refractivity (Wildman–Crippen MR) is 69.1 cm³/mol. The first-order valence-corrected chi connectivity index (χ1v) is 7.08. The second-order valence-corrected chi connectivity index (χ2v) is 6.26. The SMILES string of the molecule is COc1ccccc1S(=O)(=O)NC(C)(C)CCO. The average molecular weight is 273 g/mol. The van der Waals surface area contributed by atoms with Gasteiger partial charge in [0.25, 0.3) is 0 Å². The molecule has 0 aromatic heterocycles. The lowest BCUT2D eigenvalue weighted by Gasteiger charge is -2.25. The minimum Gasteiger partial charge on any atom is -0.495 e. The Bertz CT molecular complexity index is 497. The van der Waals surface area contributed by atoms with E-state index in [-0.39, 0.29) is 11.5 Å². The van der Waals surface area contributed by atoms with E-state index < -0.39 is 15.6 Å². The Labute approximate surface area is 108 Å². The van der Waals surface area contributed by atoms with Gasteiger partial charge in [-0.1, -0.05) is 12.1 Å². The van der Waals surface area contributed by atoms with Crippen molar-refractivity contribution in [1.82, 2.24) is 4.72 Å². The summed E-state index contributed by atoms with van der Waals surface area (Å²) in [6, 6.07) is 6.41. The maximum atomic E-state index is 12.2. The predicted octanol–water partition coefficient (Wildman–Crippen LogP) is 1.13. The van der Waals surface area contributed by atoms with Gasteiger partial charge >= 0.3 is 0 Å². The van der Waals surface area contributed by atoms with Crippen molar-refractivity contribution in [3.63, 3.8) is 0 Å². The summed E-state index contributed by atoms with van der Waals surface area (Å²) >= 11 is 0. The maximum absolute atomic E-state index is 12.2. The summed E-state index contributed by atoms with van der Waals surface area (Å²) in [6.07, 6.45) is 0.335. The summed E-state index contributed by atoms with van der Waals surface area (Å²) in [5.41, 5.74) is -0.714. The molecule has 0 unspecified atom stereocenters. The zero-order chi connectivity index (χ0) is 13.8. The largest absolute Gasteiger partial charge is 0.495 e. The van der Waals surface area contributed by atoms with Gasteiger partial charge in [-0.25, -0.2) is 13.1 Å². The van der Waals surface area contributed by atoms with Crippen LogP contribution in [0.3, 0.4) is 0 Å². The maximum Gasteiger partial charge on any atom is 0.244 e. The molecule has 0 aliphatic rings. The Morgan fingerprint density at radius 1 is 1.33 bits per heavy atom. The van der Waals surface area contributed by atoms with Crippen LogP contribution in [0.15, 0.2) is 29.2 Å². The molecule has 2 N–H and O–H groups in total. The number of sulfonamides is 1. The third kappa shape index (κ3) is 3.69. The van der Waals surface area contributed by atoms with E-state index in [2.05, 4.69) is 4.72 Å². The van der Waals surface area contributed by atoms with Crippen LogP contribution >= 0.6 is 0 Å². The van der Waals surface area contributed by atoms with Crippen molar-refractivity contribution in [3.8, 4) is 5.75 Å². The molecule has 0 radical (unpaired) electrons. The van der Waals surface area contributed by atoms with Gasteiger partial charge in [0.05, 0.1) is 7.11 Å². The molecule has 0 fully saturated rings. The number of aliphatic hydroxyl groups excluding tert-OH is 1. The zero-order valence-corrected chi connectivity index (χ0v) is 11.6. The summed E-state index contributed by atoms with van der Waals surface area (Å²) in [4.78, 5) is 0.0958. The molecule has 0 bridgehead atoms. The van der Waals surface area contributed by atoms with Crippen LogP contribution < -0.4 is 9.46 Å². The Kier molecular flexibility index (Phi) is 4.72. The number of hydrogen-bond donors (Lipinski definition) is 2. The molecule has 0 aliphatic heterocycles. The van der Waals surface area contributed by atoms with Gasteiger partial charge in [0.1, 0.15) is 10.6 Å². The van der Waals surface area contributed by atoms with E-state index in [9.17, 15) is 8.42 Å². The van der Waals surface area contributed by atoms with Gasteiger partial charge in [-0.15, -0.1) is 0 Å². The number of para-hydroxylation sites is 1. The number of hydrogen-bond acceptors (Lipinski definition) is 4. The van der Waals surface area contributed by atoms with Crippen molar-refractivity contribution >= 4 is 10.0 Å². The first-order valence-electron chi connectivity index (χ1n) is 5.60. The zero-order valence-electron chi connectivity index (χ0n) is 10.8. The lowest BCUT2D eigenvalue weighted by molar-refractivity contribution is 0.245. The van der Waals surface area contributed by atoms with Crippen LogP contribution in [0.1, 0.15) is 20.3 Å². The lowest BCUT2D eigenvalue weighted by Crippen LogP contribution is -2.43. The van der Waals surface area contributed by atoms with E-state index in [1.165, 1.54) is 13.2 Å². The summed E-state index contributed by atoms with van der Waals surface area (Å²) < 4.78 is 32.1. The second-order valence-electron chi connectivity index (χ2n) is 4.61. The van der Waals surface area contributed by atoms with Gasteiger partial charge < -0.3 is 9.84 Å². The Morgan fingerprint density at radius 3 is 2.50 bits per heavy atom. The first-order chi connectivity index (χ1) is 8.32. The van der Waals surface area contributed by atoms with Gasteiger partial charge in [-0.3, -0.25) is 0 Å². The summed E-state index contributed by atoms with van der Waals surface area (Å²) in [6.45, 7) is 3.35. The number of methoxy groups -OCH3 is 1. The smallest absolute Gasteiger partial charge is 0.244 e. The Balaban J connectivity index is 3.07. The van der Waals surface area contributed by atoms with Crippen LogP contribution in [-0.4, -0.2) is 32.8 Å². The molecule has 0 atom stereocenters. The quantitative estimate of drug-likeness (QED) is 0.815. The van der Waals surface area contributed by atoms with Crippen LogP contribution in [0.2, 0.25) is 0 Å². The van der Waals surface area contributed by atoms with Gasteiger partial charge in [0.2, 0.25) is 10.0 Å². The molecule has 18 heavy (non-hydrogen) atoms. The fourth-order valence-electron chi connectivity index (χ4n) is 1.59. The molecule has 5 nitrogen and oxygen atoms in total. The number of ether oxygens (including phenoxy) is 1. The van der Waals surface area contributed by atoms with Crippen molar-refractivity contribution in [1.29, 1.82) is 0 Å². The highest BCUT2D eigenvalue weighted by molar-refractivity contribution is 7.89. The molecule has 0 saturated heterocycles. The molecule has 1 aromatic rings. The van der Waals surface area contributed by atoms with Crippen LogP contribution in [-0.2, 0) is 10.0 Å². The van der Waals surface area contributed by atoms with Crippen molar-refractivity contribution in [2.24, 2.45) is 0 Å². The molecule has 0 saturated carbocycles. The molecular formula is C12H19NO4S. The molecule has 1 rings (SSSR count). The highest BCUT2D eigenvalue weighted by Crippen LogP contribution is 2.24. The van der Waals surface area contributed by atoms with Gasteiger partial charge in [0, 0.05) is 12.1 Å². The van der Waals surface area contributed by atoms with E-state index in [1.54, 1.807) is 32.0 Å². The molecule has 1 aromatic carbocycles. The lowest BCUT2D eigenvalue weighted by atomic mass is 10.0. The number of aliphatic hydroxyl groups is 1. The first kappa shape index (κ1) is 14.9. The van der Waals surface area contributed by atoms with E-state index in [4.69, 9.17) is 9.84 Å². The van der Waals surface area contributed by atoms with E-state index in [0.29, 0.717) is 12.2 Å². The fraction of sp³-hybridized carbons (Fsp3) is 0.500. The van der Waals surface area contributed by atoms with Crippen molar-refractivity contribution in [2.45, 2.75) is 30.7 Å². The minimum atomic E-state index is -3.67. The minimum absolute atomic E-state index is 0.0819. The summed E-state index contributed by atoms with van der Waals surface area (Å²) in [7, 11) is -2.25. The molecule has 6 heteroatoms. The fourth-order valence-corrected chi connectivity index (χ4v) is 3.20. The normalized spacial score (nSPS) is 12.4. The van der Waals surface area contributed by atoms with Crippen molar-refractivity contribution in [2.75, 3.05) is 13.7 Å². The molecule has 0 spiro atoms.